The molecule has 0 N–H and O–H groups in total. The summed E-state index contributed by atoms with van der Waals surface area (Å²) < 4.78 is 22.1. The number of esters is 2. The number of likely N-dealkylation sites (N-methyl/N-ethyl adjacent to an activating group) is 1. The number of fused-ring (bicyclic) bond motifs is 1. The SMILES string of the molecule is COc1ccc2c(c1)c(CCN(C)C)cn2C(=O)C(C)CCCCCCCC(C)CC(=O)OC(COC=O)COC(C)=O. The largest absolute Gasteiger partial charge is 0.497 e. The number of ether oxygens (including phenoxy) is 4. The van der Waals surface area contributed by atoms with E-state index in [-0.39, 0.29) is 43.8 Å². The zero-order chi connectivity index (χ0) is 31.8. The lowest BCUT2D eigenvalue weighted by Crippen LogP contribution is -2.29. The first-order chi connectivity index (χ1) is 20.5. The fraction of sp³-hybridized carbons (Fsp3) is 0.636. The number of benzene rings is 1. The Labute approximate surface area is 256 Å². The van der Waals surface area contributed by atoms with E-state index in [1.807, 2.05) is 56.9 Å². The van der Waals surface area contributed by atoms with Crippen LogP contribution in [0.1, 0.15) is 82.5 Å². The van der Waals surface area contributed by atoms with Crippen molar-refractivity contribution in [1.82, 2.24) is 9.47 Å². The first-order valence-electron chi connectivity index (χ1n) is 15.3. The van der Waals surface area contributed by atoms with Gasteiger partial charge in [0, 0.05) is 37.4 Å². The van der Waals surface area contributed by atoms with Gasteiger partial charge in [-0.3, -0.25) is 23.7 Å². The number of aromatic nitrogens is 1. The summed E-state index contributed by atoms with van der Waals surface area (Å²) in [5.74, 6) is 0.0778. The van der Waals surface area contributed by atoms with Crippen molar-refractivity contribution in [3.63, 3.8) is 0 Å². The molecule has 0 aliphatic rings. The Morgan fingerprint density at radius 2 is 1.70 bits per heavy atom. The van der Waals surface area contributed by atoms with Gasteiger partial charge in [0.2, 0.25) is 5.91 Å². The molecule has 10 nitrogen and oxygen atoms in total. The van der Waals surface area contributed by atoms with Crippen LogP contribution in [0.4, 0.5) is 0 Å². The van der Waals surface area contributed by atoms with Crippen molar-refractivity contribution in [2.24, 2.45) is 11.8 Å². The smallest absolute Gasteiger partial charge is 0.306 e. The topological polar surface area (TPSA) is 113 Å². The maximum atomic E-state index is 13.4. The molecule has 0 aliphatic heterocycles. The minimum Gasteiger partial charge on any atom is -0.497 e. The highest BCUT2D eigenvalue weighted by Crippen LogP contribution is 2.28. The van der Waals surface area contributed by atoms with E-state index in [9.17, 15) is 19.2 Å². The molecule has 3 atom stereocenters. The number of carbonyl (C=O) groups excluding carboxylic acids is 4. The summed E-state index contributed by atoms with van der Waals surface area (Å²) in [6.45, 7) is 6.14. The van der Waals surface area contributed by atoms with Crippen LogP contribution in [0.5, 0.6) is 5.75 Å². The van der Waals surface area contributed by atoms with Gasteiger partial charge in [0.1, 0.15) is 19.0 Å². The molecule has 240 valence electrons. The van der Waals surface area contributed by atoms with E-state index in [1.165, 1.54) is 6.92 Å². The Hall–Kier alpha value is -3.40. The van der Waals surface area contributed by atoms with E-state index in [2.05, 4.69) is 9.64 Å². The molecule has 0 amide bonds. The van der Waals surface area contributed by atoms with Crippen LogP contribution >= 0.6 is 0 Å². The van der Waals surface area contributed by atoms with E-state index in [1.54, 1.807) is 7.11 Å². The number of nitrogens with zero attached hydrogens (tertiary/aromatic N) is 2. The molecular weight excluding hydrogens is 552 g/mol. The van der Waals surface area contributed by atoms with Gasteiger partial charge in [0.15, 0.2) is 6.10 Å². The second-order valence-electron chi connectivity index (χ2n) is 11.7. The highest BCUT2D eigenvalue weighted by atomic mass is 16.6. The quantitative estimate of drug-likeness (QED) is 0.0798. The molecule has 1 heterocycles. The highest BCUT2D eigenvalue weighted by molar-refractivity contribution is 5.96. The lowest BCUT2D eigenvalue weighted by atomic mass is 9.97. The van der Waals surface area contributed by atoms with Crippen LogP contribution in [0.25, 0.3) is 10.9 Å². The number of hydrogen-bond donors (Lipinski definition) is 0. The molecule has 0 spiro atoms. The van der Waals surface area contributed by atoms with Crippen molar-refractivity contribution < 1.29 is 38.1 Å². The molecule has 0 bridgehead atoms. The van der Waals surface area contributed by atoms with E-state index >= 15 is 0 Å². The molecule has 43 heavy (non-hydrogen) atoms. The zero-order valence-corrected chi connectivity index (χ0v) is 26.8. The van der Waals surface area contributed by atoms with E-state index in [4.69, 9.17) is 14.2 Å². The van der Waals surface area contributed by atoms with Crippen molar-refractivity contribution in [3.8, 4) is 5.75 Å². The van der Waals surface area contributed by atoms with Crippen molar-refractivity contribution in [2.75, 3.05) is 41.0 Å². The van der Waals surface area contributed by atoms with Crippen molar-refractivity contribution in [1.29, 1.82) is 0 Å². The van der Waals surface area contributed by atoms with Gasteiger partial charge in [-0.05, 0) is 56.6 Å². The fourth-order valence-electron chi connectivity index (χ4n) is 5.06. The molecule has 2 rings (SSSR count). The molecule has 10 heteroatoms. The first kappa shape index (κ1) is 35.8. The predicted molar refractivity (Wildman–Crippen MR) is 165 cm³/mol. The summed E-state index contributed by atoms with van der Waals surface area (Å²) in [6.07, 6.45) is 9.21. The standard InChI is InChI=1S/C33H50N2O8/c1-24(18-32(38)43-29(21-41-23-36)22-42-26(3)37)12-10-8-7-9-11-13-25(2)33(39)35-20-27(16-17-34(4)5)30-19-28(40-6)14-15-31(30)35/h14-15,19-20,23-25,29H,7-13,16-18,21-22H2,1-6H3. The van der Waals surface area contributed by atoms with Crippen LogP contribution in [0.2, 0.25) is 0 Å². The van der Waals surface area contributed by atoms with E-state index in [0.717, 1.165) is 80.1 Å². The second-order valence-corrected chi connectivity index (χ2v) is 11.7. The number of hydrogen-bond acceptors (Lipinski definition) is 9. The average molecular weight is 603 g/mol. The molecule has 0 radical (unpaired) electrons. The second kappa shape index (κ2) is 19.0. The van der Waals surface area contributed by atoms with Gasteiger partial charge in [-0.2, -0.15) is 0 Å². The number of carbonyl (C=O) groups is 4. The minimum absolute atomic E-state index is 0.0768. The maximum absolute atomic E-state index is 13.4. The first-order valence-corrected chi connectivity index (χ1v) is 15.3. The molecule has 3 unspecified atom stereocenters. The normalized spacial score (nSPS) is 13.4. The Bertz CT molecular complexity index is 1180. The fourth-order valence-corrected chi connectivity index (χ4v) is 5.06. The van der Waals surface area contributed by atoms with Gasteiger partial charge in [0.05, 0.1) is 12.6 Å². The van der Waals surface area contributed by atoms with Gasteiger partial charge in [0.25, 0.3) is 6.47 Å². The average Bonchev–Trinajstić information content (AvgIpc) is 3.33. The lowest BCUT2D eigenvalue weighted by molar-refractivity contribution is -0.163. The molecule has 1 aromatic heterocycles. The molecule has 0 saturated heterocycles. The number of rotatable bonds is 21. The number of unbranched alkanes of at least 4 members (excludes halogenated alkanes) is 4. The van der Waals surface area contributed by atoms with Gasteiger partial charge in [-0.15, -0.1) is 0 Å². The minimum atomic E-state index is -0.812. The van der Waals surface area contributed by atoms with Gasteiger partial charge >= 0.3 is 11.9 Å². The zero-order valence-electron chi connectivity index (χ0n) is 26.8. The van der Waals surface area contributed by atoms with E-state index in [0.29, 0.717) is 0 Å². The monoisotopic (exact) mass is 602 g/mol. The van der Waals surface area contributed by atoms with E-state index < -0.39 is 18.0 Å². The Morgan fingerprint density at radius 3 is 2.35 bits per heavy atom. The Balaban J connectivity index is 1.73. The summed E-state index contributed by atoms with van der Waals surface area (Å²) >= 11 is 0. The van der Waals surface area contributed by atoms with Crippen LogP contribution in [0.15, 0.2) is 24.4 Å². The summed E-state index contributed by atoms with van der Waals surface area (Å²) in [7, 11) is 5.75. The highest BCUT2D eigenvalue weighted by Gasteiger charge is 2.21. The van der Waals surface area contributed by atoms with Crippen LogP contribution in [-0.2, 0) is 35.0 Å². The van der Waals surface area contributed by atoms with Crippen molar-refractivity contribution >= 4 is 35.2 Å². The van der Waals surface area contributed by atoms with Gasteiger partial charge < -0.3 is 23.8 Å². The third-order valence-corrected chi connectivity index (χ3v) is 7.55. The molecule has 0 saturated carbocycles. The third kappa shape index (κ3) is 12.8. The Morgan fingerprint density at radius 1 is 1.00 bits per heavy atom. The van der Waals surface area contributed by atoms with Crippen LogP contribution < -0.4 is 4.74 Å². The van der Waals surface area contributed by atoms with Crippen molar-refractivity contribution in [2.45, 2.75) is 84.7 Å². The summed E-state index contributed by atoms with van der Waals surface area (Å²) in [6, 6.07) is 5.90. The van der Waals surface area contributed by atoms with Crippen molar-refractivity contribution in [3.05, 3.63) is 30.0 Å². The van der Waals surface area contributed by atoms with Gasteiger partial charge in [-0.25, -0.2) is 0 Å². The Kier molecular flexibility index (Phi) is 15.8. The van der Waals surface area contributed by atoms with Crippen LogP contribution in [0, 0.1) is 11.8 Å². The molecule has 1 aromatic carbocycles. The van der Waals surface area contributed by atoms with Crippen LogP contribution in [-0.4, -0.2) is 80.9 Å². The molecule has 0 fully saturated rings. The molecule has 0 aliphatic carbocycles. The maximum Gasteiger partial charge on any atom is 0.306 e. The third-order valence-electron chi connectivity index (χ3n) is 7.55. The lowest BCUT2D eigenvalue weighted by Gasteiger charge is -2.18. The molecular formula is C33H50N2O8. The van der Waals surface area contributed by atoms with Crippen LogP contribution in [0.3, 0.4) is 0 Å². The predicted octanol–water partition coefficient (Wildman–Crippen LogP) is 5.44. The summed E-state index contributed by atoms with van der Waals surface area (Å²) in [4.78, 5) is 49.3. The van der Waals surface area contributed by atoms with Gasteiger partial charge in [-0.1, -0.05) is 52.4 Å². The summed E-state index contributed by atoms with van der Waals surface area (Å²) in [5, 5.41) is 1.07. The number of methoxy groups -OCH3 is 1. The summed E-state index contributed by atoms with van der Waals surface area (Å²) in [5.41, 5.74) is 2.08. The molecule has 2 aromatic rings.